The molecule has 0 unspecified atom stereocenters. The van der Waals surface area contributed by atoms with Gasteiger partial charge >= 0.3 is 12.5 Å². The average molecular weight is 548 g/mol. The van der Waals surface area contributed by atoms with Crippen LogP contribution in [0.2, 0.25) is 0 Å². The van der Waals surface area contributed by atoms with E-state index < -0.39 is 33.7 Å². The molecule has 0 aliphatic heterocycles. The molecule has 0 radical (unpaired) electrons. The highest BCUT2D eigenvalue weighted by Gasteiger charge is 2.32. The minimum absolute atomic E-state index is 0.196. The number of benzene rings is 1. The maximum atomic E-state index is 12.9. The van der Waals surface area contributed by atoms with Crippen LogP contribution in [0.3, 0.4) is 0 Å². The zero-order valence-electron chi connectivity index (χ0n) is 19.1. The fourth-order valence-electron chi connectivity index (χ4n) is 2.98. The van der Waals surface area contributed by atoms with Crippen LogP contribution in [0.15, 0.2) is 64.7 Å². The van der Waals surface area contributed by atoms with E-state index in [-0.39, 0.29) is 33.6 Å². The summed E-state index contributed by atoms with van der Waals surface area (Å²) in [6.07, 6.45) is -7.68. The number of alkyl halides is 6. The normalized spacial score (nSPS) is 12.9. The second kappa shape index (κ2) is 10.7. The maximum Gasteiger partial charge on any atom is 0.573 e. The Morgan fingerprint density at radius 2 is 1.65 bits per heavy atom. The molecule has 2 aromatic heterocycles. The van der Waals surface area contributed by atoms with Crippen molar-refractivity contribution in [3.05, 3.63) is 66.1 Å². The number of aliphatic imine (C=N–C) groups is 1. The minimum Gasteiger partial charge on any atom is -0.406 e. The fraction of sp³-hybridized carbons (Fsp3) is 0.227. The van der Waals surface area contributed by atoms with Crippen LogP contribution in [0, 0.1) is 0 Å². The van der Waals surface area contributed by atoms with E-state index in [0.717, 1.165) is 24.3 Å². The first-order chi connectivity index (χ1) is 17.2. The lowest BCUT2D eigenvalue weighted by molar-refractivity contribution is -0.274. The molecule has 3 aromatic rings. The van der Waals surface area contributed by atoms with Gasteiger partial charge in [0.05, 0.1) is 23.3 Å². The third-order valence-corrected chi connectivity index (χ3v) is 6.46. The predicted octanol–water partition coefficient (Wildman–Crippen LogP) is 5.08. The van der Waals surface area contributed by atoms with E-state index in [1.807, 2.05) is 0 Å². The number of hydrogen-bond acceptors (Lipinski definition) is 7. The summed E-state index contributed by atoms with van der Waals surface area (Å²) in [6.45, 7) is 1.38. The molecule has 0 bridgehead atoms. The number of hydroxylamine groups is 1. The highest BCUT2D eigenvalue weighted by atomic mass is 32.2. The van der Waals surface area contributed by atoms with Gasteiger partial charge in [0.1, 0.15) is 11.4 Å². The third kappa shape index (κ3) is 7.16. The number of amidine groups is 1. The topological polar surface area (TPSA) is 103 Å². The Morgan fingerprint density at radius 1 is 0.973 bits per heavy atom. The molecule has 1 N–H and O–H groups in total. The Balaban J connectivity index is 2.08. The van der Waals surface area contributed by atoms with Crippen LogP contribution in [0.4, 0.5) is 32.2 Å². The van der Waals surface area contributed by atoms with E-state index in [0.29, 0.717) is 11.8 Å². The van der Waals surface area contributed by atoms with E-state index in [9.17, 15) is 34.8 Å². The van der Waals surface area contributed by atoms with Gasteiger partial charge in [0, 0.05) is 18.0 Å². The monoisotopic (exact) mass is 548 g/mol. The van der Waals surface area contributed by atoms with Gasteiger partial charge in [0.15, 0.2) is 21.5 Å². The first-order valence-electron chi connectivity index (χ1n) is 10.2. The summed E-state index contributed by atoms with van der Waals surface area (Å²) in [4.78, 5) is 16.4. The Kier molecular flexibility index (Phi) is 8.07. The van der Waals surface area contributed by atoms with Crippen LogP contribution >= 0.6 is 0 Å². The van der Waals surface area contributed by atoms with Gasteiger partial charge in [-0.2, -0.15) is 13.2 Å². The maximum absolute atomic E-state index is 12.9. The third-order valence-electron chi connectivity index (χ3n) is 4.71. The van der Waals surface area contributed by atoms with Gasteiger partial charge in [-0.15, -0.1) is 13.2 Å². The van der Waals surface area contributed by atoms with Gasteiger partial charge in [-0.05, 0) is 35.9 Å². The van der Waals surface area contributed by atoms with Crippen LogP contribution in [0.5, 0.6) is 5.75 Å². The summed E-state index contributed by atoms with van der Waals surface area (Å²) in [5.41, 5.74) is 1.72. The number of rotatable bonds is 7. The molecule has 0 atom stereocenters. The molecule has 0 spiro atoms. The van der Waals surface area contributed by atoms with Gasteiger partial charge in [-0.3, -0.25) is 9.82 Å². The van der Waals surface area contributed by atoms with Gasteiger partial charge in [-0.25, -0.2) is 23.9 Å². The molecule has 3 rings (SSSR count). The van der Waals surface area contributed by atoms with E-state index in [4.69, 9.17) is 4.84 Å². The van der Waals surface area contributed by atoms with E-state index >= 15 is 0 Å². The van der Waals surface area contributed by atoms with Crippen molar-refractivity contribution in [3.8, 4) is 16.9 Å². The first-order valence-corrected chi connectivity index (χ1v) is 11.9. The van der Waals surface area contributed by atoms with E-state index in [2.05, 4.69) is 25.2 Å². The second-order valence-electron chi connectivity index (χ2n) is 7.22. The Hall–Kier alpha value is -3.72. The zero-order chi connectivity index (χ0) is 27.4. The lowest BCUT2D eigenvalue weighted by Gasteiger charge is -2.14. The van der Waals surface area contributed by atoms with Crippen LogP contribution in [-0.2, 0) is 20.9 Å². The first kappa shape index (κ1) is 27.9. The van der Waals surface area contributed by atoms with Gasteiger partial charge < -0.3 is 4.74 Å². The smallest absolute Gasteiger partial charge is 0.406 e. The molecule has 8 nitrogen and oxygen atoms in total. The highest BCUT2D eigenvalue weighted by Crippen LogP contribution is 2.31. The molecule has 0 saturated heterocycles. The van der Waals surface area contributed by atoms with Gasteiger partial charge in [0.25, 0.3) is 0 Å². The van der Waals surface area contributed by atoms with Crippen molar-refractivity contribution in [2.24, 2.45) is 4.99 Å². The average Bonchev–Trinajstić information content (AvgIpc) is 2.83. The largest absolute Gasteiger partial charge is 0.573 e. The highest BCUT2D eigenvalue weighted by molar-refractivity contribution is 7.91. The molecule has 0 saturated carbocycles. The summed E-state index contributed by atoms with van der Waals surface area (Å²) in [5, 5.41) is 0. The number of nitrogens with one attached hydrogen (secondary N) is 1. The number of aromatic nitrogens is 2. The Labute approximate surface area is 206 Å². The zero-order valence-corrected chi connectivity index (χ0v) is 19.9. The molecule has 0 aliphatic carbocycles. The minimum atomic E-state index is -4.88. The molecular formula is C22H18F6N4O4S. The standard InChI is InChI=1S/C22H18F6N4O4S/c1-3-37(33,34)17-10-14(13-4-7-16(8-5-13)36-22(26,27)28)11-30-19(17)20(32-35-2)31-18-9-6-15(12-29-18)21(23,24)25/h4-12H,3H2,1-2H3,(H,29,31,32). The molecule has 0 fully saturated rings. The number of ether oxygens (including phenoxy) is 1. The quantitative estimate of drug-likeness (QED) is 0.190. The second-order valence-corrected chi connectivity index (χ2v) is 9.46. The Morgan fingerprint density at radius 3 is 2.16 bits per heavy atom. The predicted molar refractivity (Wildman–Crippen MR) is 120 cm³/mol. The van der Waals surface area contributed by atoms with Crippen molar-refractivity contribution in [2.45, 2.75) is 24.4 Å². The van der Waals surface area contributed by atoms with Gasteiger partial charge in [0.2, 0.25) is 0 Å². The van der Waals surface area contributed by atoms with Crippen LogP contribution in [-0.4, -0.2) is 43.4 Å². The van der Waals surface area contributed by atoms with Crippen molar-refractivity contribution in [3.63, 3.8) is 0 Å². The summed E-state index contributed by atoms with van der Waals surface area (Å²) in [6, 6.07) is 7.66. The lowest BCUT2D eigenvalue weighted by Crippen LogP contribution is -2.27. The van der Waals surface area contributed by atoms with Crippen molar-refractivity contribution >= 4 is 21.5 Å². The van der Waals surface area contributed by atoms with Crippen LogP contribution in [0.1, 0.15) is 18.2 Å². The van der Waals surface area contributed by atoms with Crippen molar-refractivity contribution in [1.29, 1.82) is 0 Å². The van der Waals surface area contributed by atoms with Crippen LogP contribution < -0.4 is 10.2 Å². The summed E-state index contributed by atoms with van der Waals surface area (Å²) < 4.78 is 105. The molecule has 198 valence electrons. The van der Waals surface area contributed by atoms with Gasteiger partial charge in [-0.1, -0.05) is 19.1 Å². The summed E-state index contributed by atoms with van der Waals surface area (Å²) >= 11 is 0. The lowest BCUT2D eigenvalue weighted by atomic mass is 10.1. The summed E-state index contributed by atoms with van der Waals surface area (Å²) in [5.74, 6) is -1.27. The molecule has 0 aliphatic rings. The molecule has 1 aromatic carbocycles. The van der Waals surface area contributed by atoms with Crippen molar-refractivity contribution < 1.29 is 44.3 Å². The van der Waals surface area contributed by atoms with Crippen molar-refractivity contribution in [2.75, 3.05) is 12.9 Å². The number of halogens is 6. The number of hydrogen-bond donors (Lipinski definition) is 1. The molecule has 37 heavy (non-hydrogen) atoms. The molecular weight excluding hydrogens is 530 g/mol. The molecule has 0 amide bonds. The molecule has 15 heteroatoms. The molecule has 2 heterocycles. The SMILES string of the molecule is CCS(=O)(=O)c1cc(-c2ccc(OC(F)(F)F)cc2)cnc1C(=Nc1ccc(C(F)(F)F)cn1)NOC. The Bertz CT molecular complexity index is 1370. The number of sulfone groups is 1. The number of pyridine rings is 2. The van der Waals surface area contributed by atoms with E-state index in [1.165, 1.54) is 38.4 Å². The van der Waals surface area contributed by atoms with Crippen molar-refractivity contribution in [1.82, 2.24) is 15.4 Å². The fourth-order valence-corrected chi connectivity index (χ4v) is 4.04. The van der Waals surface area contributed by atoms with E-state index in [1.54, 1.807) is 0 Å². The summed E-state index contributed by atoms with van der Waals surface area (Å²) in [7, 11) is -2.76. The van der Waals surface area contributed by atoms with Crippen LogP contribution in [0.25, 0.3) is 11.1 Å². The number of nitrogens with zero attached hydrogens (tertiary/aromatic N) is 3.